The van der Waals surface area contributed by atoms with E-state index in [9.17, 15) is 9.18 Å². The predicted octanol–water partition coefficient (Wildman–Crippen LogP) is 3.23. The number of amides is 1. The van der Waals surface area contributed by atoms with E-state index in [1.54, 1.807) is 17.0 Å². The van der Waals surface area contributed by atoms with Crippen LogP contribution in [0.1, 0.15) is 30.6 Å². The summed E-state index contributed by atoms with van der Waals surface area (Å²) < 4.78 is 19.5. The highest BCUT2D eigenvalue weighted by Crippen LogP contribution is 2.21. The maximum Gasteiger partial charge on any atom is 0.254 e. The van der Waals surface area contributed by atoms with Crippen molar-refractivity contribution in [2.45, 2.75) is 32.4 Å². The molecule has 1 aliphatic heterocycles. The second-order valence-corrected chi connectivity index (χ2v) is 5.65. The molecule has 2 rings (SSSR count). The molecule has 1 aromatic carbocycles. The van der Waals surface area contributed by atoms with Crippen LogP contribution in [0, 0.1) is 5.82 Å². The predicted molar refractivity (Wildman–Crippen MR) is 74.6 cm³/mol. The monoisotopic (exact) mass is 329 g/mol. The fourth-order valence-corrected chi connectivity index (χ4v) is 2.47. The maximum absolute atomic E-state index is 13.5. The smallest absolute Gasteiger partial charge is 0.254 e. The van der Waals surface area contributed by atoms with Gasteiger partial charge in [-0.25, -0.2) is 4.39 Å². The minimum atomic E-state index is -0.416. The maximum atomic E-state index is 13.5. The quantitative estimate of drug-likeness (QED) is 0.833. The summed E-state index contributed by atoms with van der Waals surface area (Å²) in [7, 11) is 0. The van der Waals surface area contributed by atoms with Gasteiger partial charge in [0.2, 0.25) is 0 Å². The standard InChI is InChI=1S/C14H17BrFNO2/c1-3-11-8-19-9(2)7-17(11)14(18)10-4-5-12(15)13(16)6-10/h4-6,9,11H,3,7-8H2,1-2H3. The van der Waals surface area contributed by atoms with Crippen LogP contribution in [0.25, 0.3) is 0 Å². The van der Waals surface area contributed by atoms with E-state index in [0.29, 0.717) is 23.2 Å². The third kappa shape index (κ3) is 3.15. The van der Waals surface area contributed by atoms with Crippen molar-refractivity contribution in [1.82, 2.24) is 4.90 Å². The Bertz CT molecular complexity index is 481. The summed E-state index contributed by atoms with van der Waals surface area (Å²) in [6.45, 7) is 5.05. The molecule has 1 fully saturated rings. The van der Waals surface area contributed by atoms with Crippen LogP contribution in [0.15, 0.2) is 22.7 Å². The summed E-state index contributed by atoms with van der Waals surface area (Å²) in [5, 5.41) is 0. The molecule has 1 amide bonds. The van der Waals surface area contributed by atoms with E-state index in [1.807, 2.05) is 13.8 Å². The van der Waals surface area contributed by atoms with E-state index in [2.05, 4.69) is 15.9 Å². The Hall–Kier alpha value is -0.940. The molecule has 0 radical (unpaired) electrons. The van der Waals surface area contributed by atoms with Gasteiger partial charge in [-0.1, -0.05) is 6.92 Å². The second-order valence-electron chi connectivity index (χ2n) is 4.79. The molecule has 2 atom stereocenters. The number of carbonyl (C=O) groups is 1. The topological polar surface area (TPSA) is 29.5 Å². The molecule has 2 unspecified atom stereocenters. The summed E-state index contributed by atoms with van der Waals surface area (Å²) in [6.07, 6.45) is 0.851. The fourth-order valence-electron chi connectivity index (χ4n) is 2.23. The minimum Gasteiger partial charge on any atom is -0.375 e. The Balaban J connectivity index is 2.23. The number of ether oxygens (including phenoxy) is 1. The van der Waals surface area contributed by atoms with Crippen LogP contribution in [-0.4, -0.2) is 36.1 Å². The van der Waals surface area contributed by atoms with Gasteiger partial charge in [-0.05, 0) is 47.5 Å². The van der Waals surface area contributed by atoms with Crippen LogP contribution in [0.3, 0.4) is 0 Å². The lowest BCUT2D eigenvalue weighted by Gasteiger charge is -2.38. The largest absolute Gasteiger partial charge is 0.375 e. The first-order chi connectivity index (χ1) is 9.02. The van der Waals surface area contributed by atoms with Crippen LogP contribution in [-0.2, 0) is 4.74 Å². The number of hydrogen-bond donors (Lipinski definition) is 0. The van der Waals surface area contributed by atoms with Crippen LogP contribution in [0.5, 0.6) is 0 Å². The van der Waals surface area contributed by atoms with Gasteiger partial charge in [-0.3, -0.25) is 4.79 Å². The summed E-state index contributed by atoms with van der Waals surface area (Å²) in [4.78, 5) is 14.3. The van der Waals surface area contributed by atoms with Crippen molar-refractivity contribution in [1.29, 1.82) is 0 Å². The Labute approximate surface area is 120 Å². The van der Waals surface area contributed by atoms with Gasteiger partial charge < -0.3 is 9.64 Å². The fraction of sp³-hybridized carbons (Fsp3) is 0.500. The molecule has 1 aliphatic rings. The Morgan fingerprint density at radius 1 is 1.58 bits per heavy atom. The van der Waals surface area contributed by atoms with Crippen molar-refractivity contribution in [3.8, 4) is 0 Å². The van der Waals surface area contributed by atoms with Gasteiger partial charge in [-0.15, -0.1) is 0 Å². The highest BCUT2D eigenvalue weighted by molar-refractivity contribution is 9.10. The second kappa shape index (κ2) is 6.01. The molecule has 0 spiro atoms. The molecule has 19 heavy (non-hydrogen) atoms. The van der Waals surface area contributed by atoms with Gasteiger partial charge in [0.15, 0.2) is 0 Å². The number of morpholine rings is 1. The van der Waals surface area contributed by atoms with Gasteiger partial charge in [-0.2, -0.15) is 0 Å². The molecule has 0 saturated carbocycles. The van der Waals surface area contributed by atoms with Crippen LogP contribution >= 0.6 is 15.9 Å². The Morgan fingerprint density at radius 3 is 2.95 bits per heavy atom. The minimum absolute atomic E-state index is 0.0204. The number of carbonyl (C=O) groups excluding carboxylic acids is 1. The molecule has 0 bridgehead atoms. The summed E-state index contributed by atoms with van der Waals surface area (Å²) in [5.74, 6) is -0.548. The summed E-state index contributed by atoms with van der Waals surface area (Å²) in [6, 6.07) is 4.55. The van der Waals surface area contributed by atoms with Crippen molar-refractivity contribution < 1.29 is 13.9 Å². The number of benzene rings is 1. The van der Waals surface area contributed by atoms with Gasteiger partial charge in [0.25, 0.3) is 5.91 Å². The summed E-state index contributed by atoms with van der Waals surface area (Å²) >= 11 is 3.09. The molecule has 0 N–H and O–H groups in total. The molecule has 104 valence electrons. The number of halogens is 2. The van der Waals surface area contributed by atoms with Gasteiger partial charge in [0.05, 0.1) is 23.2 Å². The Morgan fingerprint density at radius 2 is 2.32 bits per heavy atom. The highest BCUT2D eigenvalue weighted by atomic mass is 79.9. The lowest BCUT2D eigenvalue weighted by molar-refractivity contribution is -0.0444. The third-order valence-electron chi connectivity index (χ3n) is 3.37. The SMILES string of the molecule is CCC1COC(C)CN1C(=O)c1ccc(Br)c(F)c1. The van der Waals surface area contributed by atoms with E-state index >= 15 is 0 Å². The zero-order valence-corrected chi connectivity index (χ0v) is 12.6. The molecule has 0 aliphatic carbocycles. The van der Waals surface area contributed by atoms with Crippen molar-refractivity contribution >= 4 is 21.8 Å². The molecule has 1 saturated heterocycles. The molecule has 0 aromatic heterocycles. The number of rotatable bonds is 2. The number of hydrogen-bond acceptors (Lipinski definition) is 2. The van der Waals surface area contributed by atoms with E-state index in [4.69, 9.17) is 4.74 Å². The molecule has 1 aromatic rings. The molecule has 3 nitrogen and oxygen atoms in total. The van der Waals surface area contributed by atoms with E-state index in [0.717, 1.165) is 6.42 Å². The van der Waals surface area contributed by atoms with Crippen LogP contribution < -0.4 is 0 Å². The molecule has 5 heteroatoms. The molecular formula is C14H17BrFNO2. The van der Waals surface area contributed by atoms with Crippen molar-refractivity contribution in [3.05, 3.63) is 34.1 Å². The van der Waals surface area contributed by atoms with E-state index in [-0.39, 0.29) is 18.1 Å². The highest BCUT2D eigenvalue weighted by Gasteiger charge is 2.30. The molecular weight excluding hydrogens is 313 g/mol. The first-order valence-electron chi connectivity index (χ1n) is 6.40. The lowest BCUT2D eigenvalue weighted by atomic mass is 10.1. The van der Waals surface area contributed by atoms with Crippen molar-refractivity contribution in [3.63, 3.8) is 0 Å². The average Bonchev–Trinajstić information content (AvgIpc) is 2.41. The zero-order chi connectivity index (χ0) is 14.0. The zero-order valence-electron chi connectivity index (χ0n) is 11.0. The molecule has 1 heterocycles. The van der Waals surface area contributed by atoms with Gasteiger partial charge in [0, 0.05) is 12.1 Å². The van der Waals surface area contributed by atoms with Crippen molar-refractivity contribution in [2.75, 3.05) is 13.2 Å². The lowest BCUT2D eigenvalue weighted by Crippen LogP contribution is -2.51. The number of nitrogens with zero attached hydrogens (tertiary/aromatic N) is 1. The van der Waals surface area contributed by atoms with Crippen LogP contribution in [0.2, 0.25) is 0 Å². The van der Waals surface area contributed by atoms with Crippen LogP contribution in [0.4, 0.5) is 4.39 Å². The summed E-state index contributed by atoms with van der Waals surface area (Å²) in [5.41, 5.74) is 0.383. The average molecular weight is 330 g/mol. The Kier molecular flexibility index (Phi) is 4.58. The first kappa shape index (κ1) is 14.5. The van der Waals surface area contributed by atoms with Gasteiger partial charge in [0.1, 0.15) is 5.82 Å². The van der Waals surface area contributed by atoms with Gasteiger partial charge >= 0.3 is 0 Å². The first-order valence-corrected chi connectivity index (χ1v) is 7.19. The van der Waals surface area contributed by atoms with Crippen molar-refractivity contribution in [2.24, 2.45) is 0 Å². The van der Waals surface area contributed by atoms with E-state index < -0.39 is 5.82 Å². The normalized spacial score (nSPS) is 23.5. The third-order valence-corrected chi connectivity index (χ3v) is 4.01. The van der Waals surface area contributed by atoms with E-state index in [1.165, 1.54) is 6.07 Å².